The van der Waals surface area contributed by atoms with Crippen LogP contribution < -0.4 is 5.32 Å². The summed E-state index contributed by atoms with van der Waals surface area (Å²) in [6.07, 6.45) is 5.01. The van der Waals surface area contributed by atoms with Gasteiger partial charge in [-0.05, 0) is 30.2 Å². The summed E-state index contributed by atoms with van der Waals surface area (Å²) < 4.78 is 0. The van der Waals surface area contributed by atoms with Crippen molar-refractivity contribution in [3.05, 3.63) is 59.4 Å². The summed E-state index contributed by atoms with van der Waals surface area (Å²) >= 11 is 0. The smallest absolute Gasteiger partial charge is 0.244 e. The molecule has 0 radical (unpaired) electrons. The van der Waals surface area contributed by atoms with Gasteiger partial charge < -0.3 is 5.32 Å². The number of hydrogen-bond acceptors (Lipinski definition) is 2. The van der Waals surface area contributed by atoms with Crippen LogP contribution in [-0.2, 0) is 11.3 Å². The molecular formula is C14H15N3O. The standard InChI is InChI=1S/C14H15N3O/c1-11-4-2-3-5-12(11)6-7-14(18)15-10-13-8-9-16-17-13/h2-9H,10H2,1H3,(H,15,18)(H,16,17)/b7-6+. The van der Waals surface area contributed by atoms with Gasteiger partial charge in [-0.15, -0.1) is 0 Å². The summed E-state index contributed by atoms with van der Waals surface area (Å²) in [7, 11) is 0. The summed E-state index contributed by atoms with van der Waals surface area (Å²) in [6.45, 7) is 2.47. The normalized spacial score (nSPS) is 10.7. The molecule has 18 heavy (non-hydrogen) atoms. The van der Waals surface area contributed by atoms with Gasteiger partial charge in [0.25, 0.3) is 0 Å². The Kier molecular flexibility index (Phi) is 3.91. The van der Waals surface area contributed by atoms with Crippen LogP contribution in [0.1, 0.15) is 16.8 Å². The topological polar surface area (TPSA) is 57.8 Å². The van der Waals surface area contributed by atoms with Crippen molar-refractivity contribution in [3.63, 3.8) is 0 Å². The van der Waals surface area contributed by atoms with Crippen LogP contribution in [0.25, 0.3) is 6.08 Å². The van der Waals surface area contributed by atoms with Gasteiger partial charge in [0.1, 0.15) is 0 Å². The van der Waals surface area contributed by atoms with Crippen LogP contribution in [0.3, 0.4) is 0 Å². The van der Waals surface area contributed by atoms with Gasteiger partial charge >= 0.3 is 0 Å². The molecule has 0 spiro atoms. The van der Waals surface area contributed by atoms with Crippen molar-refractivity contribution in [1.29, 1.82) is 0 Å². The first-order chi connectivity index (χ1) is 8.75. The van der Waals surface area contributed by atoms with Gasteiger partial charge in [0.2, 0.25) is 5.91 Å². The number of nitrogens with zero attached hydrogens (tertiary/aromatic N) is 1. The van der Waals surface area contributed by atoms with Crippen LogP contribution in [0.15, 0.2) is 42.6 Å². The first-order valence-corrected chi connectivity index (χ1v) is 5.75. The second kappa shape index (κ2) is 5.82. The minimum Gasteiger partial charge on any atom is -0.347 e. The van der Waals surface area contributed by atoms with Crippen LogP contribution in [0.5, 0.6) is 0 Å². The number of H-pyrrole nitrogens is 1. The van der Waals surface area contributed by atoms with E-state index in [0.29, 0.717) is 6.54 Å². The van der Waals surface area contributed by atoms with Gasteiger partial charge in [0, 0.05) is 12.3 Å². The van der Waals surface area contributed by atoms with Crippen molar-refractivity contribution in [2.45, 2.75) is 13.5 Å². The van der Waals surface area contributed by atoms with E-state index < -0.39 is 0 Å². The summed E-state index contributed by atoms with van der Waals surface area (Å²) in [5.41, 5.74) is 3.08. The molecule has 1 amide bonds. The van der Waals surface area contributed by atoms with E-state index in [0.717, 1.165) is 16.8 Å². The van der Waals surface area contributed by atoms with Crippen molar-refractivity contribution in [2.24, 2.45) is 0 Å². The molecule has 0 aliphatic rings. The minimum atomic E-state index is -0.118. The highest BCUT2D eigenvalue weighted by molar-refractivity contribution is 5.91. The quantitative estimate of drug-likeness (QED) is 0.805. The molecule has 1 heterocycles. The largest absolute Gasteiger partial charge is 0.347 e. The second-order valence-electron chi connectivity index (χ2n) is 3.99. The molecule has 1 aromatic carbocycles. The fourth-order valence-corrected chi connectivity index (χ4v) is 1.56. The predicted molar refractivity (Wildman–Crippen MR) is 70.6 cm³/mol. The number of aromatic nitrogens is 2. The molecule has 0 unspecified atom stereocenters. The van der Waals surface area contributed by atoms with Crippen molar-refractivity contribution < 1.29 is 4.79 Å². The maximum Gasteiger partial charge on any atom is 0.244 e. The lowest BCUT2D eigenvalue weighted by Crippen LogP contribution is -2.20. The van der Waals surface area contributed by atoms with Crippen LogP contribution in [-0.4, -0.2) is 16.1 Å². The van der Waals surface area contributed by atoms with E-state index in [-0.39, 0.29) is 5.91 Å². The van der Waals surface area contributed by atoms with Gasteiger partial charge in [-0.3, -0.25) is 9.89 Å². The molecular weight excluding hydrogens is 226 g/mol. The Bertz CT molecular complexity index is 544. The van der Waals surface area contributed by atoms with Gasteiger partial charge in [0.15, 0.2) is 0 Å². The number of rotatable bonds is 4. The van der Waals surface area contributed by atoms with Crippen LogP contribution in [0.2, 0.25) is 0 Å². The lowest BCUT2D eigenvalue weighted by molar-refractivity contribution is -0.116. The zero-order chi connectivity index (χ0) is 12.8. The molecule has 0 fully saturated rings. The van der Waals surface area contributed by atoms with Crippen LogP contribution in [0.4, 0.5) is 0 Å². The molecule has 2 N–H and O–H groups in total. The van der Waals surface area contributed by atoms with Gasteiger partial charge in [-0.2, -0.15) is 5.10 Å². The molecule has 1 aromatic heterocycles. The highest BCUT2D eigenvalue weighted by Gasteiger charge is 1.98. The lowest BCUT2D eigenvalue weighted by Gasteiger charge is -2.00. The molecule has 0 aliphatic heterocycles. The monoisotopic (exact) mass is 241 g/mol. The number of nitrogens with one attached hydrogen (secondary N) is 2. The molecule has 0 saturated carbocycles. The van der Waals surface area contributed by atoms with E-state index in [1.165, 1.54) is 0 Å². The number of amides is 1. The number of hydrogen-bond donors (Lipinski definition) is 2. The molecule has 4 heteroatoms. The average Bonchev–Trinajstić information content (AvgIpc) is 2.88. The molecule has 92 valence electrons. The Balaban J connectivity index is 1.89. The number of carbonyl (C=O) groups excluding carboxylic acids is 1. The fourth-order valence-electron chi connectivity index (χ4n) is 1.56. The Morgan fingerprint density at radius 3 is 2.94 bits per heavy atom. The maximum absolute atomic E-state index is 11.6. The van der Waals surface area contributed by atoms with E-state index in [1.807, 2.05) is 43.3 Å². The van der Waals surface area contributed by atoms with Crippen molar-refractivity contribution in [3.8, 4) is 0 Å². The van der Waals surface area contributed by atoms with E-state index >= 15 is 0 Å². The number of aromatic amines is 1. The maximum atomic E-state index is 11.6. The molecule has 0 aliphatic carbocycles. The van der Waals surface area contributed by atoms with Gasteiger partial charge in [-0.25, -0.2) is 0 Å². The highest BCUT2D eigenvalue weighted by Crippen LogP contribution is 2.08. The third-order valence-electron chi connectivity index (χ3n) is 2.61. The third kappa shape index (κ3) is 3.31. The SMILES string of the molecule is Cc1ccccc1/C=C/C(=O)NCc1ccn[nH]1. The zero-order valence-corrected chi connectivity index (χ0v) is 10.2. The molecule has 0 bridgehead atoms. The van der Waals surface area contributed by atoms with E-state index in [9.17, 15) is 4.79 Å². The first-order valence-electron chi connectivity index (χ1n) is 5.75. The van der Waals surface area contributed by atoms with E-state index in [4.69, 9.17) is 0 Å². The Morgan fingerprint density at radius 2 is 2.22 bits per heavy atom. The number of benzene rings is 1. The van der Waals surface area contributed by atoms with Gasteiger partial charge in [0.05, 0.1) is 12.2 Å². The average molecular weight is 241 g/mol. The highest BCUT2D eigenvalue weighted by atomic mass is 16.1. The zero-order valence-electron chi connectivity index (χ0n) is 10.2. The summed E-state index contributed by atoms with van der Waals surface area (Å²) in [5.74, 6) is -0.118. The molecule has 4 nitrogen and oxygen atoms in total. The Hall–Kier alpha value is -2.36. The molecule has 2 aromatic rings. The third-order valence-corrected chi connectivity index (χ3v) is 2.61. The van der Waals surface area contributed by atoms with Gasteiger partial charge in [-0.1, -0.05) is 24.3 Å². The summed E-state index contributed by atoms with van der Waals surface area (Å²) in [4.78, 5) is 11.6. The van der Waals surface area contributed by atoms with Crippen molar-refractivity contribution in [2.75, 3.05) is 0 Å². The Morgan fingerprint density at radius 1 is 1.39 bits per heavy atom. The first kappa shape index (κ1) is 12.1. The van der Waals surface area contributed by atoms with Crippen molar-refractivity contribution >= 4 is 12.0 Å². The Labute approximate surface area is 106 Å². The van der Waals surface area contributed by atoms with Crippen LogP contribution >= 0.6 is 0 Å². The van der Waals surface area contributed by atoms with E-state index in [2.05, 4.69) is 15.5 Å². The number of aryl methyl sites for hydroxylation is 1. The second-order valence-corrected chi connectivity index (χ2v) is 3.99. The molecule has 0 saturated heterocycles. The lowest BCUT2D eigenvalue weighted by atomic mass is 10.1. The molecule has 2 rings (SSSR count). The van der Waals surface area contributed by atoms with E-state index in [1.54, 1.807) is 12.3 Å². The van der Waals surface area contributed by atoms with Crippen LogP contribution in [0, 0.1) is 6.92 Å². The minimum absolute atomic E-state index is 0.118. The molecule has 0 atom stereocenters. The van der Waals surface area contributed by atoms with Crippen molar-refractivity contribution in [1.82, 2.24) is 15.5 Å². The predicted octanol–water partition coefficient (Wildman–Crippen LogP) is 2.05. The summed E-state index contributed by atoms with van der Waals surface area (Å²) in [5, 5.41) is 9.38. The number of carbonyl (C=O) groups is 1. The summed E-state index contributed by atoms with van der Waals surface area (Å²) in [6, 6.07) is 9.75. The fraction of sp³-hybridized carbons (Fsp3) is 0.143.